The van der Waals surface area contributed by atoms with Crippen molar-refractivity contribution < 1.29 is 27.4 Å². The number of benzene rings is 3. The number of nitrogens with one attached hydrogen (secondary N) is 1. The molecule has 1 amide bonds. The number of rotatable bonds is 10. The molecule has 0 aromatic heterocycles. The molecule has 0 aliphatic carbocycles. The van der Waals surface area contributed by atoms with E-state index in [-0.39, 0.29) is 11.4 Å². The minimum Gasteiger partial charge on any atom is -0.497 e. The lowest BCUT2D eigenvalue weighted by atomic mass is 10.1. The predicted octanol–water partition coefficient (Wildman–Crippen LogP) is 2.85. The molecule has 1 heterocycles. The van der Waals surface area contributed by atoms with Gasteiger partial charge in [0.2, 0.25) is 10.0 Å². The van der Waals surface area contributed by atoms with Crippen LogP contribution in [-0.4, -0.2) is 58.3 Å². The van der Waals surface area contributed by atoms with Crippen LogP contribution < -0.4 is 19.6 Å². The van der Waals surface area contributed by atoms with Crippen LogP contribution >= 0.6 is 0 Å². The van der Waals surface area contributed by atoms with E-state index in [1.165, 1.54) is 18.3 Å². The summed E-state index contributed by atoms with van der Waals surface area (Å²) in [6, 6.07) is 21.0. The van der Waals surface area contributed by atoms with Crippen molar-refractivity contribution in [3.63, 3.8) is 0 Å². The minimum atomic E-state index is -4.01. The van der Waals surface area contributed by atoms with Crippen molar-refractivity contribution in [2.75, 3.05) is 33.4 Å². The van der Waals surface area contributed by atoms with Crippen LogP contribution in [0.5, 0.6) is 17.2 Å². The minimum absolute atomic E-state index is 0.0225. The van der Waals surface area contributed by atoms with E-state index < -0.39 is 22.5 Å². The second-order valence-corrected chi connectivity index (χ2v) is 9.88. The van der Waals surface area contributed by atoms with Crippen molar-refractivity contribution in [3.8, 4) is 17.2 Å². The van der Waals surface area contributed by atoms with Gasteiger partial charge in [-0.1, -0.05) is 30.3 Å². The Balaban J connectivity index is 1.49. The maximum atomic E-state index is 13.5. The lowest BCUT2D eigenvalue weighted by Gasteiger charge is -2.23. The van der Waals surface area contributed by atoms with Gasteiger partial charge in [-0.15, -0.1) is 0 Å². The van der Waals surface area contributed by atoms with Gasteiger partial charge >= 0.3 is 0 Å². The van der Waals surface area contributed by atoms with Crippen LogP contribution in [0.3, 0.4) is 0 Å². The first-order valence-electron chi connectivity index (χ1n) is 11.4. The van der Waals surface area contributed by atoms with Crippen LogP contribution in [0, 0.1) is 0 Å². The van der Waals surface area contributed by atoms with Crippen molar-refractivity contribution in [2.24, 2.45) is 5.10 Å². The molecule has 0 radical (unpaired) electrons. The van der Waals surface area contributed by atoms with E-state index in [9.17, 15) is 13.2 Å². The van der Waals surface area contributed by atoms with Crippen LogP contribution in [0.4, 0.5) is 0 Å². The van der Waals surface area contributed by atoms with Gasteiger partial charge < -0.3 is 14.2 Å². The maximum absolute atomic E-state index is 13.5. The molecule has 3 aromatic carbocycles. The third kappa shape index (κ3) is 6.41. The number of methoxy groups -OCH3 is 1. The fraction of sp³-hybridized carbons (Fsp3) is 0.231. The maximum Gasteiger partial charge on any atom is 0.255 e. The molecule has 1 aliphatic rings. The normalized spacial score (nSPS) is 13.1. The number of amides is 1. The number of hydrogen-bond donors (Lipinski definition) is 1. The predicted molar refractivity (Wildman–Crippen MR) is 135 cm³/mol. The second-order valence-electron chi connectivity index (χ2n) is 7.95. The summed E-state index contributed by atoms with van der Waals surface area (Å²) in [5.74, 6) is 0.990. The summed E-state index contributed by atoms with van der Waals surface area (Å²) in [7, 11) is -2.44. The number of ether oxygens (including phenoxy) is 3. The van der Waals surface area contributed by atoms with Crippen LogP contribution in [0.2, 0.25) is 0 Å². The van der Waals surface area contributed by atoms with Gasteiger partial charge in [-0.25, -0.2) is 13.8 Å². The van der Waals surface area contributed by atoms with Gasteiger partial charge in [0.15, 0.2) is 11.5 Å². The average molecular weight is 510 g/mol. The summed E-state index contributed by atoms with van der Waals surface area (Å²) >= 11 is 0. The van der Waals surface area contributed by atoms with Crippen LogP contribution in [0.25, 0.3) is 0 Å². The molecule has 4 rings (SSSR count). The van der Waals surface area contributed by atoms with E-state index in [1.807, 2.05) is 30.3 Å². The molecule has 3 aromatic rings. The SMILES string of the molecule is COc1ccc(C=NNC(=O)CN(CCc2ccccc2)S(=O)(=O)c2ccc3c(c2)OCCO3)cc1. The molecule has 0 unspecified atom stereocenters. The Hall–Kier alpha value is -3.89. The summed E-state index contributed by atoms with van der Waals surface area (Å²) in [6.07, 6.45) is 1.91. The molecule has 0 spiro atoms. The van der Waals surface area contributed by atoms with Gasteiger partial charge in [-0.3, -0.25) is 4.79 Å². The Morgan fingerprint density at radius 2 is 1.75 bits per heavy atom. The Bertz CT molecular complexity index is 1310. The molecule has 36 heavy (non-hydrogen) atoms. The Morgan fingerprint density at radius 1 is 1.03 bits per heavy atom. The lowest BCUT2D eigenvalue weighted by molar-refractivity contribution is -0.121. The van der Waals surface area contributed by atoms with E-state index in [0.29, 0.717) is 36.9 Å². The third-order valence-corrected chi connectivity index (χ3v) is 7.32. The zero-order chi connectivity index (χ0) is 25.4. The van der Waals surface area contributed by atoms with Gasteiger partial charge in [0.05, 0.1) is 24.8 Å². The van der Waals surface area contributed by atoms with E-state index in [0.717, 1.165) is 15.4 Å². The van der Waals surface area contributed by atoms with E-state index in [2.05, 4.69) is 10.5 Å². The van der Waals surface area contributed by atoms with Gasteiger partial charge in [-0.2, -0.15) is 9.41 Å². The number of carbonyl (C=O) groups is 1. The van der Waals surface area contributed by atoms with Crippen molar-refractivity contribution in [3.05, 3.63) is 83.9 Å². The number of sulfonamides is 1. The van der Waals surface area contributed by atoms with Crippen molar-refractivity contribution in [1.29, 1.82) is 0 Å². The highest BCUT2D eigenvalue weighted by Crippen LogP contribution is 2.33. The van der Waals surface area contributed by atoms with Crippen LogP contribution in [-0.2, 0) is 21.2 Å². The zero-order valence-corrected chi connectivity index (χ0v) is 20.6. The molecule has 0 bridgehead atoms. The quantitative estimate of drug-likeness (QED) is 0.333. The summed E-state index contributed by atoms with van der Waals surface area (Å²) in [4.78, 5) is 12.7. The first-order chi connectivity index (χ1) is 17.5. The van der Waals surface area contributed by atoms with Crippen molar-refractivity contribution >= 4 is 22.1 Å². The van der Waals surface area contributed by atoms with Crippen LogP contribution in [0.15, 0.2) is 82.8 Å². The molecule has 0 saturated heterocycles. The third-order valence-electron chi connectivity index (χ3n) is 5.48. The smallest absolute Gasteiger partial charge is 0.255 e. The van der Waals surface area contributed by atoms with Gasteiger partial charge in [0, 0.05) is 12.6 Å². The topological polar surface area (TPSA) is 107 Å². The molecule has 10 heteroatoms. The molecule has 1 N–H and O–H groups in total. The van der Waals surface area contributed by atoms with Crippen LogP contribution in [0.1, 0.15) is 11.1 Å². The summed E-state index contributed by atoms with van der Waals surface area (Å²) in [5.41, 5.74) is 4.12. The monoisotopic (exact) mass is 509 g/mol. The fourth-order valence-corrected chi connectivity index (χ4v) is 4.99. The number of fused-ring (bicyclic) bond motifs is 1. The Morgan fingerprint density at radius 3 is 2.47 bits per heavy atom. The molecular weight excluding hydrogens is 482 g/mol. The second kappa shape index (κ2) is 11.7. The summed E-state index contributed by atoms with van der Waals surface area (Å²) in [5, 5.41) is 3.96. The number of hydrogen-bond acceptors (Lipinski definition) is 7. The summed E-state index contributed by atoms with van der Waals surface area (Å²) in [6.45, 7) is 0.447. The standard InChI is InChI=1S/C26H27N3O6S/c1-33-22-9-7-21(8-10-22)18-27-28-26(30)19-29(14-13-20-5-3-2-4-6-20)36(31,32)23-11-12-24-25(17-23)35-16-15-34-24/h2-12,17-18H,13-16,19H2,1H3,(H,28,30). The van der Waals surface area contributed by atoms with Crippen molar-refractivity contribution in [1.82, 2.24) is 9.73 Å². The zero-order valence-electron chi connectivity index (χ0n) is 19.8. The fourth-order valence-electron chi connectivity index (χ4n) is 3.58. The molecular formula is C26H27N3O6S. The van der Waals surface area contributed by atoms with Gasteiger partial charge in [0.1, 0.15) is 19.0 Å². The lowest BCUT2D eigenvalue weighted by Crippen LogP contribution is -2.40. The van der Waals surface area contributed by atoms with E-state index in [1.54, 1.807) is 37.4 Å². The van der Waals surface area contributed by atoms with E-state index in [4.69, 9.17) is 14.2 Å². The molecule has 0 atom stereocenters. The Labute approximate surface area is 210 Å². The first kappa shape index (κ1) is 25.2. The number of nitrogens with zero attached hydrogens (tertiary/aromatic N) is 2. The molecule has 9 nitrogen and oxygen atoms in total. The molecule has 1 aliphatic heterocycles. The van der Waals surface area contributed by atoms with Gasteiger partial charge in [0.25, 0.3) is 5.91 Å². The highest BCUT2D eigenvalue weighted by atomic mass is 32.2. The highest BCUT2D eigenvalue weighted by molar-refractivity contribution is 7.89. The van der Waals surface area contributed by atoms with Crippen molar-refractivity contribution in [2.45, 2.75) is 11.3 Å². The Kier molecular flexibility index (Phi) is 8.19. The average Bonchev–Trinajstić information content (AvgIpc) is 2.91. The first-order valence-corrected chi connectivity index (χ1v) is 12.8. The number of carbonyl (C=O) groups excluding carboxylic acids is 1. The molecule has 0 saturated carbocycles. The largest absolute Gasteiger partial charge is 0.497 e. The molecule has 0 fully saturated rings. The van der Waals surface area contributed by atoms with E-state index >= 15 is 0 Å². The van der Waals surface area contributed by atoms with Gasteiger partial charge in [-0.05, 0) is 53.9 Å². The summed E-state index contributed by atoms with van der Waals surface area (Å²) < 4.78 is 44.4. The highest BCUT2D eigenvalue weighted by Gasteiger charge is 2.28. The molecule has 188 valence electrons. The number of hydrazone groups is 1.